The molecule has 0 fully saturated rings. The van der Waals surface area contributed by atoms with Gasteiger partial charge in [0.15, 0.2) is 0 Å². The third kappa shape index (κ3) is 8.10. The van der Waals surface area contributed by atoms with Crippen molar-refractivity contribution in [2.75, 3.05) is 13.2 Å². The number of hydrogen-bond donors (Lipinski definition) is 2. The number of halogens is 3. The maximum Gasteiger partial charge on any atom is 0.573 e. The molecule has 1 unspecified atom stereocenters. The second-order valence-electron chi connectivity index (χ2n) is 6.46. The number of rotatable bonds is 10. The number of alkyl halides is 3. The Morgan fingerprint density at radius 3 is 2.39 bits per heavy atom. The number of carbonyl (C=O) groups excluding carboxylic acids is 1. The molecule has 0 heterocycles. The predicted molar refractivity (Wildman–Crippen MR) is 107 cm³/mol. The molecule has 170 valence electrons. The fourth-order valence-corrected chi connectivity index (χ4v) is 3.67. The van der Waals surface area contributed by atoms with Gasteiger partial charge < -0.3 is 14.8 Å². The Hall–Kier alpha value is -2.79. The van der Waals surface area contributed by atoms with Crippen molar-refractivity contribution in [3.8, 4) is 11.5 Å². The third-order valence-electron chi connectivity index (χ3n) is 4.06. The van der Waals surface area contributed by atoms with Gasteiger partial charge in [0.25, 0.3) is 0 Å². The lowest BCUT2D eigenvalue weighted by molar-refractivity contribution is -0.274. The molecule has 2 N–H and O–H groups in total. The number of amides is 1. The maximum atomic E-state index is 12.2. The van der Waals surface area contributed by atoms with Crippen LogP contribution in [0.2, 0.25) is 0 Å². The van der Waals surface area contributed by atoms with Crippen LogP contribution in [0.15, 0.2) is 53.4 Å². The van der Waals surface area contributed by atoms with E-state index in [-0.39, 0.29) is 29.8 Å². The molecular weight excluding hydrogens is 437 g/mol. The van der Waals surface area contributed by atoms with Crippen LogP contribution in [0.1, 0.15) is 31.9 Å². The fraction of sp³-hybridized carbons (Fsp3) is 0.350. The van der Waals surface area contributed by atoms with E-state index in [9.17, 15) is 26.4 Å². The molecule has 11 heteroatoms. The van der Waals surface area contributed by atoms with E-state index in [1.54, 1.807) is 13.0 Å². The van der Waals surface area contributed by atoms with E-state index in [1.165, 1.54) is 0 Å². The first-order valence-electron chi connectivity index (χ1n) is 9.38. The molecular formula is C20H23F3N2O5S. The second-order valence-corrected chi connectivity index (χ2v) is 8.23. The minimum Gasteiger partial charge on any atom is -0.494 e. The number of hydrogen-bond acceptors (Lipinski definition) is 5. The van der Waals surface area contributed by atoms with Gasteiger partial charge in [-0.25, -0.2) is 13.1 Å². The zero-order valence-corrected chi connectivity index (χ0v) is 17.7. The summed E-state index contributed by atoms with van der Waals surface area (Å²) in [6.07, 6.45) is -4.99. The lowest BCUT2D eigenvalue weighted by atomic mass is 10.1. The molecule has 1 atom stereocenters. The second kappa shape index (κ2) is 10.5. The van der Waals surface area contributed by atoms with E-state index in [2.05, 4.69) is 14.8 Å². The molecule has 2 aromatic rings. The van der Waals surface area contributed by atoms with Crippen molar-refractivity contribution in [2.24, 2.45) is 0 Å². The fourth-order valence-electron chi connectivity index (χ4n) is 2.64. The van der Waals surface area contributed by atoms with Gasteiger partial charge in [-0.1, -0.05) is 12.1 Å². The third-order valence-corrected chi connectivity index (χ3v) is 5.54. The maximum absolute atomic E-state index is 12.2. The highest BCUT2D eigenvalue weighted by molar-refractivity contribution is 7.89. The SMILES string of the molecule is CCOc1cccc(C(C)NC(=O)CCNS(=O)(=O)c2ccc(OC(F)(F)F)cc2)c1. The van der Waals surface area contributed by atoms with E-state index in [0.29, 0.717) is 12.4 Å². The van der Waals surface area contributed by atoms with E-state index < -0.39 is 22.1 Å². The van der Waals surface area contributed by atoms with Crippen molar-refractivity contribution < 1.29 is 35.9 Å². The predicted octanol–water partition coefficient (Wildman–Crippen LogP) is 3.53. The van der Waals surface area contributed by atoms with Crippen molar-refractivity contribution in [3.63, 3.8) is 0 Å². The van der Waals surface area contributed by atoms with Crippen LogP contribution < -0.4 is 19.5 Å². The molecule has 1 amide bonds. The minimum atomic E-state index is -4.87. The monoisotopic (exact) mass is 460 g/mol. The molecule has 2 aromatic carbocycles. The molecule has 0 saturated carbocycles. The summed E-state index contributed by atoms with van der Waals surface area (Å²) in [7, 11) is -3.99. The van der Waals surface area contributed by atoms with Crippen LogP contribution in [0.4, 0.5) is 13.2 Å². The van der Waals surface area contributed by atoms with Gasteiger partial charge in [0.05, 0.1) is 17.5 Å². The Bertz CT molecular complexity index is 979. The van der Waals surface area contributed by atoms with Gasteiger partial charge in [-0.15, -0.1) is 13.2 Å². The van der Waals surface area contributed by atoms with Crippen molar-refractivity contribution in [2.45, 2.75) is 37.6 Å². The zero-order chi connectivity index (χ0) is 23.1. The Labute approximate surface area is 178 Å². The van der Waals surface area contributed by atoms with Crippen LogP contribution in [-0.2, 0) is 14.8 Å². The first-order chi connectivity index (χ1) is 14.5. The van der Waals surface area contributed by atoms with Crippen LogP contribution in [-0.4, -0.2) is 33.8 Å². The van der Waals surface area contributed by atoms with Gasteiger partial charge in [0, 0.05) is 13.0 Å². The molecule has 0 aliphatic carbocycles. The molecule has 0 radical (unpaired) electrons. The molecule has 31 heavy (non-hydrogen) atoms. The molecule has 0 aromatic heterocycles. The topological polar surface area (TPSA) is 93.7 Å². The Morgan fingerprint density at radius 2 is 1.77 bits per heavy atom. The van der Waals surface area contributed by atoms with Crippen molar-refractivity contribution in [1.29, 1.82) is 0 Å². The number of sulfonamides is 1. The minimum absolute atomic E-state index is 0.121. The molecule has 0 aliphatic heterocycles. The summed E-state index contributed by atoms with van der Waals surface area (Å²) in [6.45, 7) is 3.99. The first-order valence-corrected chi connectivity index (χ1v) is 10.9. The van der Waals surface area contributed by atoms with Crippen LogP contribution in [0.5, 0.6) is 11.5 Å². The van der Waals surface area contributed by atoms with E-state index in [0.717, 1.165) is 29.8 Å². The molecule has 0 spiro atoms. The lowest BCUT2D eigenvalue weighted by Crippen LogP contribution is -2.32. The average Bonchev–Trinajstić information content (AvgIpc) is 2.67. The van der Waals surface area contributed by atoms with E-state index in [1.807, 2.05) is 25.1 Å². The van der Waals surface area contributed by atoms with Crippen molar-refractivity contribution in [3.05, 3.63) is 54.1 Å². The van der Waals surface area contributed by atoms with Crippen LogP contribution >= 0.6 is 0 Å². The Kier molecular flexibility index (Phi) is 8.28. The quantitative estimate of drug-likeness (QED) is 0.566. The summed E-state index contributed by atoms with van der Waals surface area (Å²) in [4.78, 5) is 11.9. The van der Waals surface area contributed by atoms with Crippen molar-refractivity contribution >= 4 is 15.9 Å². The van der Waals surface area contributed by atoms with Crippen molar-refractivity contribution in [1.82, 2.24) is 10.0 Å². The number of ether oxygens (including phenoxy) is 2. The largest absolute Gasteiger partial charge is 0.573 e. The number of benzene rings is 2. The molecule has 0 saturated heterocycles. The van der Waals surface area contributed by atoms with Gasteiger partial charge in [0.1, 0.15) is 11.5 Å². The van der Waals surface area contributed by atoms with Gasteiger partial charge >= 0.3 is 6.36 Å². The lowest BCUT2D eigenvalue weighted by Gasteiger charge is -2.16. The molecule has 7 nitrogen and oxygen atoms in total. The summed E-state index contributed by atoms with van der Waals surface area (Å²) in [5.41, 5.74) is 0.834. The Morgan fingerprint density at radius 1 is 1.10 bits per heavy atom. The molecule has 0 bridgehead atoms. The first kappa shape index (κ1) is 24.5. The number of nitrogens with one attached hydrogen (secondary N) is 2. The smallest absolute Gasteiger partial charge is 0.494 e. The summed E-state index contributed by atoms with van der Waals surface area (Å²) >= 11 is 0. The van der Waals surface area contributed by atoms with Crippen LogP contribution in [0.3, 0.4) is 0 Å². The zero-order valence-electron chi connectivity index (χ0n) is 16.9. The highest BCUT2D eigenvalue weighted by Gasteiger charge is 2.31. The summed E-state index contributed by atoms with van der Waals surface area (Å²) in [5.74, 6) is -0.223. The molecule has 0 aliphatic rings. The van der Waals surface area contributed by atoms with Gasteiger partial charge in [-0.05, 0) is 55.8 Å². The van der Waals surface area contributed by atoms with Gasteiger partial charge in [-0.3, -0.25) is 4.79 Å². The standard InChI is InChI=1S/C20H23F3N2O5S/c1-3-29-17-6-4-5-15(13-17)14(2)25-19(26)11-12-24-31(27,28)18-9-7-16(8-10-18)30-20(21,22)23/h4-10,13-14,24H,3,11-12H2,1-2H3,(H,25,26). The average molecular weight is 460 g/mol. The van der Waals surface area contributed by atoms with Gasteiger partial charge in [0.2, 0.25) is 15.9 Å². The normalized spacial score (nSPS) is 12.8. The van der Waals surface area contributed by atoms with Gasteiger partial charge in [-0.2, -0.15) is 0 Å². The highest BCUT2D eigenvalue weighted by Crippen LogP contribution is 2.24. The number of carbonyl (C=O) groups is 1. The highest BCUT2D eigenvalue weighted by atomic mass is 32.2. The van der Waals surface area contributed by atoms with Crippen LogP contribution in [0.25, 0.3) is 0 Å². The molecule has 2 rings (SSSR count). The summed E-state index contributed by atoms with van der Waals surface area (Å²) in [6, 6.07) is 10.7. The summed E-state index contributed by atoms with van der Waals surface area (Å²) < 4.78 is 72.4. The van der Waals surface area contributed by atoms with E-state index in [4.69, 9.17) is 4.74 Å². The van der Waals surface area contributed by atoms with E-state index >= 15 is 0 Å². The van der Waals surface area contributed by atoms with Crippen LogP contribution in [0, 0.1) is 0 Å². The summed E-state index contributed by atoms with van der Waals surface area (Å²) in [5, 5.41) is 2.77. The Balaban J connectivity index is 1.86.